The van der Waals surface area contributed by atoms with Crippen LogP contribution in [0.4, 0.5) is 0 Å². The van der Waals surface area contributed by atoms with Crippen molar-refractivity contribution in [3.8, 4) is 11.5 Å². The van der Waals surface area contributed by atoms with Crippen molar-refractivity contribution in [2.24, 2.45) is 0 Å². The van der Waals surface area contributed by atoms with Crippen molar-refractivity contribution in [2.75, 3.05) is 7.11 Å². The second-order valence-corrected chi connectivity index (χ2v) is 7.40. The average molecular weight is 386 g/mol. The number of nitrogens with one attached hydrogen (secondary N) is 1. The van der Waals surface area contributed by atoms with Crippen LogP contribution < -0.4 is 14.8 Å². The molecule has 0 saturated heterocycles. The van der Waals surface area contributed by atoms with Gasteiger partial charge in [0.2, 0.25) is 0 Å². The molecule has 0 radical (unpaired) electrons. The van der Waals surface area contributed by atoms with E-state index in [2.05, 4.69) is 20.1 Å². The van der Waals surface area contributed by atoms with Gasteiger partial charge in [0.1, 0.15) is 5.82 Å². The Kier molecular flexibility index (Phi) is 6.54. The lowest BCUT2D eigenvalue weighted by molar-refractivity contribution is 0.0932. The minimum atomic E-state index is -0.176. The summed E-state index contributed by atoms with van der Waals surface area (Å²) in [6.07, 6.45) is 5.20. The van der Waals surface area contributed by atoms with Crippen molar-refractivity contribution >= 4 is 5.91 Å². The summed E-state index contributed by atoms with van der Waals surface area (Å²) in [7, 11) is 1.57. The van der Waals surface area contributed by atoms with Gasteiger partial charge in [-0.1, -0.05) is 13.3 Å². The zero-order valence-electron chi connectivity index (χ0n) is 17.2. The number of benzene rings is 1. The molecule has 152 valence electrons. The lowest BCUT2D eigenvalue weighted by Crippen LogP contribution is -2.30. The molecule has 7 heteroatoms. The zero-order chi connectivity index (χ0) is 20.1. The largest absolute Gasteiger partial charge is 0.493 e. The predicted octanol–water partition coefficient (Wildman–Crippen LogP) is 3.68. The molecule has 1 aromatic heterocycles. The van der Waals surface area contributed by atoms with Crippen molar-refractivity contribution in [3.05, 3.63) is 35.4 Å². The Morgan fingerprint density at radius 3 is 2.75 bits per heavy atom. The molecule has 0 unspecified atom stereocenters. The second kappa shape index (κ2) is 9.08. The Bertz CT molecular complexity index is 816. The highest BCUT2D eigenvalue weighted by atomic mass is 16.5. The first-order chi connectivity index (χ1) is 13.5. The van der Waals surface area contributed by atoms with Crippen LogP contribution in [0.2, 0.25) is 0 Å². The fourth-order valence-electron chi connectivity index (χ4n) is 3.52. The molecule has 3 rings (SSSR count). The number of carbonyl (C=O) groups excluding carboxylic acids is 1. The Balaban J connectivity index is 1.78. The molecule has 7 nitrogen and oxygen atoms in total. The molecule has 1 atom stereocenters. The smallest absolute Gasteiger partial charge is 0.252 e. The van der Waals surface area contributed by atoms with Crippen LogP contribution >= 0.6 is 0 Å². The van der Waals surface area contributed by atoms with Crippen LogP contribution in [0.5, 0.6) is 11.5 Å². The van der Waals surface area contributed by atoms with Crippen LogP contribution in [-0.2, 0) is 13.0 Å². The van der Waals surface area contributed by atoms with Gasteiger partial charge in [0.15, 0.2) is 17.3 Å². The quantitative estimate of drug-likeness (QED) is 0.785. The number of aromatic nitrogens is 3. The fraction of sp³-hybridized carbons (Fsp3) is 0.571. The van der Waals surface area contributed by atoms with Gasteiger partial charge in [0.05, 0.1) is 19.3 Å². The molecule has 0 saturated carbocycles. The van der Waals surface area contributed by atoms with Crippen LogP contribution in [0, 0.1) is 0 Å². The molecule has 0 fully saturated rings. The molecule has 0 spiro atoms. The normalized spacial score (nSPS) is 14.9. The van der Waals surface area contributed by atoms with E-state index in [4.69, 9.17) is 9.47 Å². The lowest BCUT2D eigenvalue weighted by atomic mass is 10.1. The summed E-state index contributed by atoms with van der Waals surface area (Å²) in [4.78, 5) is 12.9. The number of hydrogen-bond acceptors (Lipinski definition) is 5. The average Bonchev–Trinajstić information content (AvgIpc) is 2.93. The number of amides is 1. The summed E-state index contributed by atoms with van der Waals surface area (Å²) < 4.78 is 13.3. The Morgan fingerprint density at radius 1 is 1.21 bits per heavy atom. The predicted molar refractivity (Wildman–Crippen MR) is 107 cm³/mol. The fourth-order valence-corrected chi connectivity index (χ4v) is 3.52. The highest BCUT2D eigenvalue weighted by Crippen LogP contribution is 2.29. The van der Waals surface area contributed by atoms with Crippen LogP contribution in [0.15, 0.2) is 18.2 Å². The maximum Gasteiger partial charge on any atom is 0.252 e. The Morgan fingerprint density at radius 2 is 2.04 bits per heavy atom. The van der Waals surface area contributed by atoms with E-state index in [0.29, 0.717) is 17.1 Å². The third kappa shape index (κ3) is 4.46. The van der Waals surface area contributed by atoms with Crippen molar-refractivity contribution in [1.82, 2.24) is 20.1 Å². The summed E-state index contributed by atoms with van der Waals surface area (Å²) in [6, 6.07) is 5.07. The highest BCUT2D eigenvalue weighted by Gasteiger charge is 2.23. The topological polar surface area (TPSA) is 78.3 Å². The minimum Gasteiger partial charge on any atom is -0.493 e. The standard InChI is InChI=1S/C21H30N4O3/c1-5-16(20-24-23-19-9-7-6-8-12-25(19)20)22-21(26)15-10-11-17(28-14(2)3)18(13-15)27-4/h10-11,13-14,16H,5-9,12H2,1-4H3,(H,22,26)/t16-/m1/s1. The van der Waals surface area contributed by atoms with Crippen LogP contribution in [0.25, 0.3) is 0 Å². The van der Waals surface area contributed by atoms with Crippen molar-refractivity contribution in [3.63, 3.8) is 0 Å². The summed E-state index contributed by atoms with van der Waals surface area (Å²) in [5, 5.41) is 11.9. The number of carbonyl (C=O) groups is 1. The molecule has 2 heterocycles. The first kappa shape index (κ1) is 20.2. The van der Waals surface area contributed by atoms with Gasteiger partial charge in [-0.25, -0.2) is 0 Å². The second-order valence-electron chi connectivity index (χ2n) is 7.40. The molecule has 1 N–H and O–H groups in total. The van der Waals surface area contributed by atoms with Gasteiger partial charge >= 0.3 is 0 Å². The van der Waals surface area contributed by atoms with Crippen molar-refractivity contribution in [2.45, 2.75) is 71.6 Å². The maximum absolute atomic E-state index is 12.9. The van der Waals surface area contributed by atoms with Gasteiger partial charge in [-0.2, -0.15) is 0 Å². The molecule has 1 aliphatic heterocycles. The third-order valence-corrected chi connectivity index (χ3v) is 4.95. The van der Waals surface area contributed by atoms with Gasteiger partial charge in [-0.05, 0) is 51.3 Å². The summed E-state index contributed by atoms with van der Waals surface area (Å²) >= 11 is 0. The van der Waals surface area contributed by atoms with Crippen molar-refractivity contribution in [1.29, 1.82) is 0 Å². The van der Waals surface area contributed by atoms with Crippen LogP contribution in [-0.4, -0.2) is 33.9 Å². The minimum absolute atomic E-state index is 0.0289. The van der Waals surface area contributed by atoms with E-state index < -0.39 is 0 Å². The number of methoxy groups -OCH3 is 1. The third-order valence-electron chi connectivity index (χ3n) is 4.95. The SMILES string of the molecule is CC[C@@H](NC(=O)c1ccc(OC(C)C)c(OC)c1)c1nnc2n1CCCCC2. The highest BCUT2D eigenvalue weighted by molar-refractivity contribution is 5.95. The number of rotatable bonds is 7. The van der Waals surface area contributed by atoms with Crippen LogP contribution in [0.1, 0.15) is 74.5 Å². The van der Waals surface area contributed by atoms with Crippen molar-refractivity contribution < 1.29 is 14.3 Å². The van der Waals surface area contributed by atoms with E-state index in [-0.39, 0.29) is 18.1 Å². The van der Waals surface area contributed by atoms with E-state index in [0.717, 1.165) is 43.9 Å². The Hall–Kier alpha value is -2.57. The lowest BCUT2D eigenvalue weighted by Gasteiger charge is -2.19. The van der Waals surface area contributed by atoms with Gasteiger partial charge in [0.25, 0.3) is 5.91 Å². The first-order valence-electron chi connectivity index (χ1n) is 10.1. The number of ether oxygens (including phenoxy) is 2. The maximum atomic E-state index is 12.9. The molecule has 0 aliphatic carbocycles. The van der Waals surface area contributed by atoms with Crippen LogP contribution in [0.3, 0.4) is 0 Å². The van der Waals surface area contributed by atoms with E-state index in [9.17, 15) is 4.79 Å². The van der Waals surface area contributed by atoms with E-state index >= 15 is 0 Å². The molecule has 1 aromatic carbocycles. The monoisotopic (exact) mass is 386 g/mol. The van der Waals surface area contributed by atoms with E-state index in [1.54, 1.807) is 25.3 Å². The molecule has 1 aliphatic rings. The molecule has 2 aromatic rings. The molecular weight excluding hydrogens is 356 g/mol. The number of nitrogens with zero attached hydrogens (tertiary/aromatic N) is 3. The zero-order valence-corrected chi connectivity index (χ0v) is 17.2. The van der Waals surface area contributed by atoms with Gasteiger partial charge in [-0.15, -0.1) is 10.2 Å². The Labute approximate surface area is 166 Å². The number of aryl methyl sites for hydroxylation is 1. The summed E-state index contributed by atoms with van der Waals surface area (Å²) in [6.45, 7) is 6.86. The van der Waals surface area contributed by atoms with Gasteiger partial charge < -0.3 is 19.4 Å². The summed E-state index contributed by atoms with van der Waals surface area (Å²) in [5.74, 6) is 2.89. The molecular formula is C21H30N4O3. The van der Waals surface area contributed by atoms with Gasteiger partial charge in [0, 0.05) is 18.5 Å². The van der Waals surface area contributed by atoms with Gasteiger partial charge in [-0.3, -0.25) is 4.79 Å². The summed E-state index contributed by atoms with van der Waals surface area (Å²) in [5.41, 5.74) is 0.530. The van der Waals surface area contributed by atoms with E-state index in [1.807, 2.05) is 20.8 Å². The molecule has 0 bridgehead atoms. The molecule has 28 heavy (non-hydrogen) atoms. The number of fused-ring (bicyclic) bond motifs is 1. The first-order valence-corrected chi connectivity index (χ1v) is 10.1. The number of hydrogen-bond donors (Lipinski definition) is 1. The molecule has 1 amide bonds. The van der Waals surface area contributed by atoms with E-state index in [1.165, 1.54) is 6.42 Å².